The molecule has 4 nitrogen and oxygen atoms in total. The Morgan fingerprint density at radius 3 is 2.61 bits per heavy atom. The van der Waals surface area contributed by atoms with Crippen LogP contribution in [0.4, 0.5) is 14.5 Å². The zero-order chi connectivity index (χ0) is 19.2. The summed E-state index contributed by atoms with van der Waals surface area (Å²) < 4.78 is 30.3. The van der Waals surface area contributed by atoms with Crippen LogP contribution in [0.2, 0.25) is 0 Å². The van der Waals surface area contributed by atoms with E-state index in [0.29, 0.717) is 6.54 Å². The molecule has 0 aromatic heterocycles. The van der Waals surface area contributed by atoms with Crippen LogP contribution in [-0.4, -0.2) is 33.3 Å². The number of piperidine rings is 1. The molecule has 0 radical (unpaired) electrons. The number of hydrogen-bond acceptors (Lipinski definition) is 4. The van der Waals surface area contributed by atoms with Gasteiger partial charge in [-0.2, -0.15) is 8.78 Å². The normalized spacial score (nSPS) is 19.2. The maximum Gasteiger partial charge on any atom is 0.387 e. The topological polar surface area (TPSA) is 36.5 Å². The second-order valence-corrected chi connectivity index (χ2v) is 7.04. The lowest BCUT2D eigenvalue weighted by Crippen LogP contribution is -2.45. The average molecular weight is 412 g/mol. The fourth-order valence-electron chi connectivity index (χ4n) is 3.55. The molecule has 7 heteroatoms. The third kappa shape index (κ3) is 5.80. The molecule has 1 fully saturated rings. The summed E-state index contributed by atoms with van der Waals surface area (Å²) in [5.74, 6) is 0.225. The van der Waals surface area contributed by atoms with Gasteiger partial charge in [-0.15, -0.1) is 12.4 Å². The SMILES string of the molecule is CN(C)c1ccc(OC(F)F)c(CN[C@H]2CCCN[C@H]2c2ccccc2)c1.Cl. The van der Waals surface area contributed by atoms with E-state index < -0.39 is 6.61 Å². The molecule has 0 saturated carbocycles. The summed E-state index contributed by atoms with van der Waals surface area (Å²) in [7, 11) is 3.85. The first kappa shape index (κ1) is 22.4. The summed E-state index contributed by atoms with van der Waals surface area (Å²) in [6.07, 6.45) is 2.12. The summed E-state index contributed by atoms with van der Waals surface area (Å²) in [6, 6.07) is 16.1. The largest absolute Gasteiger partial charge is 0.434 e. The van der Waals surface area contributed by atoms with Crippen molar-refractivity contribution in [3.63, 3.8) is 0 Å². The van der Waals surface area contributed by atoms with Gasteiger partial charge >= 0.3 is 6.61 Å². The first-order chi connectivity index (χ1) is 13.0. The van der Waals surface area contributed by atoms with Crippen LogP contribution in [0.1, 0.15) is 30.0 Å². The van der Waals surface area contributed by atoms with Crippen molar-refractivity contribution in [2.45, 2.75) is 38.1 Å². The lowest BCUT2D eigenvalue weighted by molar-refractivity contribution is -0.0505. The Labute approximate surface area is 171 Å². The number of alkyl halides is 2. The van der Waals surface area contributed by atoms with Crippen LogP contribution in [0, 0.1) is 0 Å². The Morgan fingerprint density at radius 1 is 1.18 bits per heavy atom. The maximum atomic E-state index is 12.8. The molecule has 0 spiro atoms. The maximum absolute atomic E-state index is 12.8. The number of nitrogens with one attached hydrogen (secondary N) is 2. The molecule has 2 atom stereocenters. The predicted molar refractivity (Wildman–Crippen MR) is 112 cm³/mol. The van der Waals surface area contributed by atoms with E-state index in [1.54, 1.807) is 12.1 Å². The molecular weight excluding hydrogens is 384 g/mol. The van der Waals surface area contributed by atoms with Gasteiger partial charge in [-0.05, 0) is 43.1 Å². The summed E-state index contributed by atoms with van der Waals surface area (Å²) in [4.78, 5) is 1.95. The highest BCUT2D eigenvalue weighted by Crippen LogP contribution is 2.28. The third-order valence-corrected chi connectivity index (χ3v) is 4.95. The van der Waals surface area contributed by atoms with E-state index in [2.05, 4.69) is 22.8 Å². The van der Waals surface area contributed by atoms with E-state index in [1.807, 2.05) is 43.3 Å². The molecule has 2 N–H and O–H groups in total. The van der Waals surface area contributed by atoms with E-state index in [9.17, 15) is 8.78 Å². The second-order valence-electron chi connectivity index (χ2n) is 7.04. The van der Waals surface area contributed by atoms with Gasteiger partial charge in [0.2, 0.25) is 0 Å². The highest BCUT2D eigenvalue weighted by atomic mass is 35.5. The zero-order valence-electron chi connectivity index (χ0n) is 16.2. The van der Waals surface area contributed by atoms with Crippen LogP contribution in [0.5, 0.6) is 5.75 Å². The fourth-order valence-corrected chi connectivity index (χ4v) is 3.55. The number of benzene rings is 2. The quantitative estimate of drug-likeness (QED) is 0.709. The van der Waals surface area contributed by atoms with Crippen molar-refractivity contribution in [2.75, 3.05) is 25.5 Å². The molecule has 1 saturated heterocycles. The predicted octanol–water partition coefficient (Wildman–Crippen LogP) is 4.36. The monoisotopic (exact) mass is 411 g/mol. The van der Waals surface area contributed by atoms with Crippen LogP contribution in [-0.2, 0) is 6.54 Å². The molecule has 0 aliphatic carbocycles. The van der Waals surface area contributed by atoms with Gasteiger partial charge in [0.1, 0.15) is 5.75 Å². The number of halogens is 3. The molecule has 0 bridgehead atoms. The Bertz CT molecular complexity index is 731. The molecule has 2 aromatic carbocycles. The molecule has 0 unspecified atom stereocenters. The van der Waals surface area contributed by atoms with Crippen molar-refractivity contribution in [3.8, 4) is 5.75 Å². The molecule has 154 valence electrons. The molecule has 28 heavy (non-hydrogen) atoms. The Hall–Kier alpha value is -1.89. The van der Waals surface area contributed by atoms with E-state index in [0.717, 1.165) is 30.6 Å². The van der Waals surface area contributed by atoms with E-state index >= 15 is 0 Å². The van der Waals surface area contributed by atoms with Gasteiger partial charge in [0, 0.05) is 44.0 Å². The molecule has 0 amide bonds. The van der Waals surface area contributed by atoms with Gasteiger partial charge in [0.05, 0.1) is 0 Å². The van der Waals surface area contributed by atoms with Gasteiger partial charge in [-0.1, -0.05) is 30.3 Å². The lowest BCUT2D eigenvalue weighted by Gasteiger charge is -2.34. The van der Waals surface area contributed by atoms with Gasteiger partial charge in [0.25, 0.3) is 0 Å². The Morgan fingerprint density at radius 2 is 1.93 bits per heavy atom. The van der Waals surface area contributed by atoms with Gasteiger partial charge in [-0.25, -0.2) is 0 Å². The van der Waals surface area contributed by atoms with Crippen LogP contribution in [0.15, 0.2) is 48.5 Å². The van der Waals surface area contributed by atoms with E-state index in [1.165, 1.54) is 5.56 Å². The van der Waals surface area contributed by atoms with Gasteiger partial charge < -0.3 is 20.3 Å². The van der Waals surface area contributed by atoms with Crippen molar-refractivity contribution in [1.82, 2.24) is 10.6 Å². The molecular formula is C21H28ClF2N3O. The van der Waals surface area contributed by atoms with Crippen molar-refractivity contribution in [3.05, 3.63) is 59.7 Å². The van der Waals surface area contributed by atoms with Crippen molar-refractivity contribution < 1.29 is 13.5 Å². The summed E-state index contributed by atoms with van der Waals surface area (Å²) >= 11 is 0. The van der Waals surface area contributed by atoms with E-state index in [4.69, 9.17) is 4.74 Å². The zero-order valence-corrected chi connectivity index (χ0v) is 17.0. The number of anilines is 1. The highest BCUT2D eigenvalue weighted by Gasteiger charge is 2.26. The smallest absolute Gasteiger partial charge is 0.387 e. The van der Waals surface area contributed by atoms with Crippen molar-refractivity contribution in [1.29, 1.82) is 0 Å². The third-order valence-electron chi connectivity index (χ3n) is 4.95. The minimum atomic E-state index is -2.83. The summed E-state index contributed by atoms with van der Waals surface area (Å²) in [6.45, 7) is -1.38. The summed E-state index contributed by atoms with van der Waals surface area (Å²) in [5.41, 5.74) is 2.93. The Balaban J connectivity index is 0.00000280. The minimum Gasteiger partial charge on any atom is -0.434 e. The number of rotatable bonds is 7. The Kier molecular flexibility index (Phi) is 8.48. The van der Waals surface area contributed by atoms with Gasteiger partial charge in [0.15, 0.2) is 0 Å². The second kappa shape index (κ2) is 10.6. The van der Waals surface area contributed by atoms with Crippen LogP contribution >= 0.6 is 12.4 Å². The van der Waals surface area contributed by atoms with Crippen LogP contribution < -0.4 is 20.3 Å². The summed E-state index contributed by atoms with van der Waals surface area (Å²) in [5, 5.41) is 7.14. The minimum absolute atomic E-state index is 0. The molecule has 3 rings (SSSR count). The number of hydrogen-bond donors (Lipinski definition) is 2. The number of nitrogens with zero attached hydrogens (tertiary/aromatic N) is 1. The van der Waals surface area contributed by atoms with Crippen molar-refractivity contribution >= 4 is 18.1 Å². The molecule has 2 aromatic rings. The molecule has 1 aliphatic heterocycles. The van der Waals surface area contributed by atoms with E-state index in [-0.39, 0.29) is 30.2 Å². The van der Waals surface area contributed by atoms with Crippen LogP contribution in [0.25, 0.3) is 0 Å². The standard InChI is InChI=1S/C21H27F2N3O.ClH/c1-26(2)17-10-11-19(27-21(22)23)16(13-17)14-25-18-9-6-12-24-20(18)15-7-4-3-5-8-15;/h3-5,7-8,10-11,13,18,20-21,24-25H,6,9,12,14H2,1-2H3;1H/t18-,20-;/m0./s1. The van der Waals surface area contributed by atoms with Crippen LogP contribution in [0.3, 0.4) is 0 Å². The average Bonchev–Trinajstić information content (AvgIpc) is 2.67. The fraction of sp³-hybridized carbons (Fsp3) is 0.429. The number of ether oxygens (including phenoxy) is 1. The molecule has 1 aliphatic rings. The first-order valence-electron chi connectivity index (χ1n) is 9.31. The van der Waals surface area contributed by atoms with Gasteiger partial charge in [-0.3, -0.25) is 0 Å². The molecule has 1 heterocycles. The first-order valence-corrected chi connectivity index (χ1v) is 9.31. The lowest BCUT2D eigenvalue weighted by atomic mass is 9.92. The highest BCUT2D eigenvalue weighted by molar-refractivity contribution is 5.85. The van der Waals surface area contributed by atoms with Crippen molar-refractivity contribution in [2.24, 2.45) is 0 Å².